The van der Waals surface area contributed by atoms with Crippen LogP contribution in [-0.2, 0) is 13.2 Å². The fourth-order valence-corrected chi connectivity index (χ4v) is 2.21. The fraction of sp³-hybridized carbons (Fsp3) is 0.357. The third kappa shape index (κ3) is 4.61. The molecule has 0 fully saturated rings. The number of benzene rings is 1. The van der Waals surface area contributed by atoms with Crippen molar-refractivity contribution in [2.75, 3.05) is 6.54 Å². The van der Waals surface area contributed by atoms with Crippen LogP contribution in [0.2, 0.25) is 0 Å². The quantitative estimate of drug-likeness (QED) is 0.790. The van der Waals surface area contributed by atoms with Crippen molar-refractivity contribution in [3.8, 4) is 5.75 Å². The molecule has 1 aromatic heterocycles. The van der Waals surface area contributed by atoms with Gasteiger partial charge in [-0.15, -0.1) is 11.3 Å². The van der Waals surface area contributed by atoms with Crippen LogP contribution in [0.15, 0.2) is 29.8 Å². The van der Waals surface area contributed by atoms with Crippen LogP contribution in [0.25, 0.3) is 0 Å². The zero-order valence-corrected chi connectivity index (χ0v) is 11.7. The Balaban J connectivity index is 1.95. The van der Waals surface area contributed by atoms with Crippen LogP contribution < -0.4 is 10.1 Å². The molecule has 2 aromatic rings. The molecule has 1 N–H and O–H groups in total. The van der Waals surface area contributed by atoms with Crippen molar-refractivity contribution in [2.24, 2.45) is 0 Å². The van der Waals surface area contributed by atoms with Crippen molar-refractivity contribution >= 4 is 11.3 Å². The van der Waals surface area contributed by atoms with Crippen molar-refractivity contribution in [3.05, 3.63) is 46.2 Å². The molecule has 0 aliphatic carbocycles. The standard InChI is InChI=1S/C14H17FN2OS/c1-2-3-16-9-11-6-12(15)8-13(7-11)18-10-14-17-4-5-19-14/h4-8,16H,2-3,9-10H2,1H3. The Morgan fingerprint density at radius 2 is 2.26 bits per heavy atom. The highest BCUT2D eigenvalue weighted by Gasteiger charge is 2.03. The van der Waals surface area contributed by atoms with Crippen LogP contribution in [-0.4, -0.2) is 11.5 Å². The van der Waals surface area contributed by atoms with Crippen molar-refractivity contribution in [2.45, 2.75) is 26.5 Å². The van der Waals surface area contributed by atoms with Crippen LogP contribution in [0.5, 0.6) is 5.75 Å². The molecule has 1 heterocycles. The van der Waals surface area contributed by atoms with E-state index >= 15 is 0 Å². The van der Waals surface area contributed by atoms with Crippen LogP contribution in [0.4, 0.5) is 4.39 Å². The summed E-state index contributed by atoms with van der Waals surface area (Å²) in [6, 6.07) is 4.79. The van der Waals surface area contributed by atoms with Gasteiger partial charge in [0.05, 0.1) is 0 Å². The first-order valence-corrected chi connectivity index (χ1v) is 7.17. The van der Waals surface area contributed by atoms with Gasteiger partial charge in [0.25, 0.3) is 0 Å². The smallest absolute Gasteiger partial charge is 0.140 e. The van der Waals surface area contributed by atoms with E-state index < -0.39 is 0 Å². The summed E-state index contributed by atoms with van der Waals surface area (Å²) in [5.74, 6) is 0.272. The summed E-state index contributed by atoms with van der Waals surface area (Å²) in [6.45, 7) is 4.05. The largest absolute Gasteiger partial charge is 0.486 e. The van der Waals surface area contributed by atoms with Crippen molar-refractivity contribution in [1.82, 2.24) is 10.3 Å². The highest BCUT2D eigenvalue weighted by Crippen LogP contribution is 2.18. The van der Waals surface area contributed by atoms with Crippen LogP contribution in [0, 0.1) is 5.82 Å². The molecule has 0 spiro atoms. The number of hydrogen-bond donors (Lipinski definition) is 1. The van der Waals surface area contributed by atoms with Gasteiger partial charge in [0, 0.05) is 24.2 Å². The van der Waals surface area contributed by atoms with Gasteiger partial charge in [0.2, 0.25) is 0 Å². The molecule has 3 nitrogen and oxygen atoms in total. The van der Waals surface area contributed by atoms with Gasteiger partial charge in [-0.3, -0.25) is 0 Å². The van der Waals surface area contributed by atoms with E-state index in [2.05, 4.69) is 17.2 Å². The molecular weight excluding hydrogens is 263 g/mol. The minimum absolute atomic E-state index is 0.273. The average molecular weight is 280 g/mol. The summed E-state index contributed by atoms with van der Waals surface area (Å²) < 4.78 is 19.0. The monoisotopic (exact) mass is 280 g/mol. The summed E-state index contributed by atoms with van der Waals surface area (Å²) in [7, 11) is 0. The Morgan fingerprint density at radius 3 is 3.00 bits per heavy atom. The second-order valence-corrected chi connectivity index (χ2v) is 5.17. The summed E-state index contributed by atoms with van der Waals surface area (Å²) in [5.41, 5.74) is 0.891. The maximum atomic E-state index is 13.5. The Kier molecular flexibility index (Phi) is 5.30. The molecule has 2 rings (SSSR count). The van der Waals surface area contributed by atoms with Gasteiger partial charge in [0.1, 0.15) is 23.2 Å². The molecule has 0 aliphatic heterocycles. The highest BCUT2D eigenvalue weighted by molar-refractivity contribution is 7.09. The average Bonchev–Trinajstić information content (AvgIpc) is 2.89. The third-order valence-electron chi connectivity index (χ3n) is 2.53. The Hall–Kier alpha value is -1.46. The summed E-state index contributed by atoms with van der Waals surface area (Å²) in [6.07, 6.45) is 2.79. The van der Waals surface area contributed by atoms with E-state index in [-0.39, 0.29) is 5.82 Å². The second kappa shape index (κ2) is 7.21. The lowest BCUT2D eigenvalue weighted by Crippen LogP contribution is -2.14. The van der Waals surface area contributed by atoms with Crippen molar-refractivity contribution in [3.63, 3.8) is 0 Å². The maximum Gasteiger partial charge on any atom is 0.140 e. The zero-order chi connectivity index (χ0) is 13.5. The van der Waals surface area contributed by atoms with Gasteiger partial charge in [0.15, 0.2) is 0 Å². The maximum absolute atomic E-state index is 13.5. The lowest BCUT2D eigenvalue weighted by atomic mass is 10.2. The first kappa shape index (κ1) is 14.0. The third-order valence-corrected chi connectivity index (χ3v) is 3.29. The lowest BCUT2D eigenvalue weighted by molar-refractivity contribution is 0.303. The second-order valence-electron chi connectivity index (χ2n) is 4.19. The summed E-state index contributed by atoms with van der Waals surface area (Å²) >= 11 is 1.53. The SMILES string of the molecule is CCCNCc1cc(F)cc(OCc2nccs2)c1. The van der Waals surface area contributed by atoms with E-state index in [1.165, 1.54) is 23.5 Å². The summed E-state index contributed by atoms with van der Waals surface area (Å²) in [5, 5.41) is 6.02. The van der Waals surface area contributed by atoms with E-state index in [9.17, 15) is 4.39 Å². The molecule has 0 radical (unpaired) electrons. The van der Waals surface area contributed by atoms with Crippen LogP contribution >= 0.6 is 11.3 Å². The number of thiazole rings is 1. The number of aromatic nitrogens is 1. The van der Waals surface area contributed by atoms with Crippen molar-refractivity contribution < 1.29 is 9.13 Å². The zero-order valence-electron chi connectivity index (χ0n) is 10.9. The molecule has 0 unspecified atom stereocenters. The van der Waals surface area contributed by atoms with Gasteiger partial charge in [-0.2, -0.15) is 0 Å². The van der Waals surface area contributed by atoms with E-state index in [4.69, 9.17) is 4.74 Å². The molecule has 5 heteroatoms. The first-order valence-electron chi connectivity index (χ1n) is 6.29. The lowest BCUT2D eigenvalue weighted by Gasteiger charge is -2.08. The van der Waals surface area contributed by atoms with Crippen LogP contribution in [0.1, 0.15) is 23.9 Å². The van der Waals surface area contributed by atoms with Gasteiger partial charge in [-0.05, 0) is 30.7 Å². The molecule has 1 aromatic carbocycles. The molecule has 102 valence electrons. The number of ether oxygens (including phenoxy) is 1. The van der Waals surface area contributed by atoms with Gasteiger partial charge in [-0.1, -0.05) is 6.92 Å². The van der Waals surface area contributed by atoms with E-state index in [0.29, 0.717) is 18.9 Å². The predicted octanol–water partition coefficient (Wildman–Crippen LogP) is 3.36. The number of halogens is 1. The Morgan fingerprint density at radius 1 is 1.37 bits per heavy atom. The molecule has 0 amide bonds. The molecular formula is C14H17FN2OS. The van der Waals surface area contributed by atoms with Gasteiger partial charge < -0.3 is 10.1 Å². The molecule has 0 aliphatic rings. The molecule has 0 saturated carbocycles. The fourth-order valence-electron chi connectivity index (χ4n) is 1.68. The van der Waals surface area contributed by atoms with Gasteiger partial charge in [-0.25, -0.2) is 9.37 Å². The van der Waals surface area contributed by atoms with E-state index in [0.717, 1.165) is 23.5 Å². The molecule has 0 saturated heterocycles. The summed E-state index contributed by atoms with van der Waals surface area (Å²) in [4.78, 5) is 4.12. The van der Waals surface area contributed by atoms with E-state index in [1.54, 1.807) is 6.20 Å². The highest BCUT2D eigenvalue weighted by atomic mass is 32.1. The first-order chi connectivity index (χ1) is 9.28. The number of hydrogen-bond acceptors (Lipinski definition) is 4. The Bertz CT molecular complexity index is 502. The normalized spacial score (nSPS) is 10.6. The predicted molar refractivity (Wildman–Crippen MR) is 74.8 cm³/mol. The molecule has 0 atom stereocenters. The van der Waals surface area contributed by atoms with Gasteiger partial charge >= 0.3 is 0 Å². The Labute approximate surface area is 116 Å². The molecule has 19 heavy (non-hydrogen) atoms. The minimum Gasteiger partial charge on any atom is -0.486 e. The number of nitrogens with zero attached hydrogens (tertiary/aromatic N) is 1. The molecule has 0 bridgehead atoms. The topological polar surface area (TPSA) is 34.1 Å². The van der Waals surface area contributed by atoms with Crippen molar-refractivity contribution in [1.29, 1.82) is 0 Å². The number of rotatable bonds is 7. The minimum atomic E-state index is -0.273. The number of nitrogens with one attached hydrogen (secondary N) is 1. The van der Waals surface area contributed by atoms with E-state index in [1.807, 2.05) is 11.4 Å². The van der Waals surface area contributed by atoms with Crippen LogP contribution in [0.3, 0.4) is 0 Å².